The summed E-state index contributed by atoms with van der Waals surface area (Å²) in [6, 6.07) is 15.2. The number of benzene rings is 2. The summed E-state index contributed by atoms with van der Waals surface area (Å²) in [5.41, 5.74) is 1.37. The van der Waals surface area contributed by atoms with Gasteiger partial charge in [-0.2, -0.15) is 0 Å². The molecule has 1 fully saturated rings. The van der Waals surface area contributed by atoms with Crippen molar-refractivity contribution in [3.05, 3.63) is 48.0 Å². The van der Waals surface area contributed by atoms with Gasteiger partial charge in [-0.15, -0.1) is 0 Å². The average molecular weight is 255 g/mol. The van der Waals surface area contributed by atoms with E-state index in [9.17, 15) is 0 Å². The molecular formula is C17H21NO. The molecule has 1 N–H and O–H groups in total. The Kier molecular flexibility index (Phi) is 4.11. The minimum absolute atomic E-state index is 0.460. The number of rotatable bonds is 4. The van der Waals surface area contributed by atoms with Gasteiger partial charge in [0.25, 0.3) is 0 Å². The van der Waals surface area contributed by atoms with Crippen molar-refractivity contribution in [2.45, 2.75) is 25.4 Å². The molecule has 3 rings (SSSR count). The summed E-state index contributed by atoms with van der Waals surface area (Å²) in [5.74, 6) is 0. The third kappa shape index (κ3) is 3.34. The molecule has 0 radical (unpaired) electrons. The van der Waals surface area contributed by atoms with Gasteiger partial charge >= 0.3 is 0 Å². The molecule has 2 nitrogen and oxygen atoms in total. The van der Waals surface area contributed by atoms with Crippen molar-refractivity contribution in [2.24, 2.45) is 0 Å². The molecule has 1 aliphatic rings. The number of piperidine rings is 1. The minimum Gasteiger partial charge on any atom is -0.378 e. The Morgan fingerprint density at radius 1 is 1.00 bits per heavy atom. The fourth-order valence-electron chi connectivity index (χ4n) is 2.70. The van der Waals surface area contributed by atoms with Gasteiger partial charge in [0.05, 0.1) is 12.7 Å². The van der Waals surface area contributed by atoms with Crippen molar-refractivity contribution >= 4 is 10.8 Å². The van der Waals surface area contributed by atoms with Crippen LogP contribution >= 0.6 is 0 Å². The number of hydrogen-bond donors (Lipinski definition) is 1. The summed E-state index contributed by atoms with van der Waals surface area (Å²) in [5, 5.41) is 5.99. The second-order valence-corrected chi connectivity index (χ2v) is 5.25. The maximum atomic E-state index is 5.96. The van der Waals surface area contributed by atoms with E-state index >= 15 is 0 Å². The first kappa shape index (κ1) is 12.6. The first-order valence-electron chi connectivity index (χ1n) is 7.22. The zero-order valence-electron chi connectivity index (χ0n) is 11.3. The highest BCUT2D eigenvalue weighted by Crippen LogP contribution is 2.16. The van der Waals surface area contributed by atoms with Crippen LogP contribution in [0.2, 0.25) is 0 Å². The summed E-state index contributed by atoms with van der Waals surface area (Å²) in [4.78, 5) is 0. The van der Waals surface area contributed by atoms with Crippen molar-refractivity contribution in [3.63, 3.8) is 0 Å². The van der Waals surface area contributed by atoms with E-state index in [1.165, 1.54) is 16.3 Å². The molecule has 0 spiro atoms. The lowest BCUT2D eigenvalue weighted by Gasteiger charge is -2.22. The molecule has 2 aromatic rings. The maximum absolute atomic E-state index is 5.96. The van der Waals surface area contributed by atoms with E-state index in [1.54, 1.807) is 0 Å². The summed E-state index contributed by atoms with van der Waals surface area (Å²) < 4.78 is 5.96. The molecule has 2 heteroatoms. The Labute approximate surface area is 114 Å². The van der Waals surface area contributed by atoms with Crippen molar-refractivity contribution in [2.75, 3.05) is 19.7 Å². The highest BCUT2D eigenvalue weighted by molar-refractivity contribution is 5.82. The molecule has 0 saturated carbocycles. The number of fused-ring (bicyclic) bond motifs is 1. The molecule has 0 aromatic heterocycles. The molecule has 0 bridgehead atoms. The van der Waals surface area contributed by atoms with E-state index in [1.807, 2.05) is 0 Å². The SMILES string of the molecule is c1ccc2cc(CCOC3CCNCC3)ccc2c1. The number of ether oxygens (including phenoxy) is 1. The van der Waals surface area contributed by atoms with Crippen molar-refractivity contribution in [1.82, 2.24) is 5.32 Å². The van der Waals surface area contributed by atoms with Crippen LogP contribution in [-0.4, -0.2) is 25.8 Å². The summed E-state index contributed by atoms with van der Waals surface area (Å²) in [7, 11) is 0. The third-order valence-corrected chi connectivity index (χ3v) is 3.84. The van der Waals surface area contributed by atoms with E-state index in [4.69, 9.17) is 4.74 Å². The van der Waals surface area contributed by atoms with Crippen molar-refractivity contribution in [1.29, 1.82) is 0 Å². The topological polar surface area (TPSA) is 21.3 Å². The second kappa shape index (κ2) is 6.18. The molecule has 2 aromatic carbocycles. The molecule has 1 saturated heterocycles. The first-order chi connectivity index (χ1) is 9.42. The lowest BCUT2D eigenvalue weighted by molar-refractivity contribution is 0.0349. The van der Waals surface area contributed by atoms with Gasteiger partial charge in [0.15, 0.2) is 0 Å². The first-order valence-corrected chi connectivity index (χ1v) is 7.22. The Balaban J connectivity index is 1.56. The van der Waals surface area contributed by atoms with E-state index in [2.05, 4.69) is 47.8 Å². The van der Waals surface area contributed by atoms with Gasteiger partial charge in [-0.05, 0) is 48.7 Å². The highest BCUT2D eigenvalue weighted by atomic mass is 16.5. The van der Waals surface area contributed by atoms with Crippen LogP contribution in [0.25, 0.3) is 10.8 Å². The van der Waals surface area contributed by atoms with Gasteiger partial charge in [0, 0.05) is 0 Å². The predicted octanol–water partition coefficient (Wildman–Crippen LogP) is 3.15. The molecule has 0 unspecified atom stereocenters. The Morgan fingerprint density at radius 3 is 2.63 bits per heavy atom. The zero-order valence-corrected chi connectivity index (χ0v) is 11.3. The maximum Gasteiger partial charge on any atom is 0.0599 e. The predicted molar refractivity (Wildman–Crippen MR) is 79.5 cm³/mol. The van der Waals surface area contributed by atoms with Crippen LogP contribution in [0, 0.1) is 0 Å². The molecule has 0 aliphatic carbocycles. The van der Waals surface area contributed by atoms with E-state index < -0.39 is 0 Å². The number of hydrogen-bond acceptors (Lipinski definition) is 2. The van der Waals surface area contributed by atoms with Crippen LogP contribution < -0.4 is 5.32 Å². The van der Waals surface area contributed by atoms with Gasteiger partial charge in [0.1, 0.15) is 0 Å². The average Bonchev–Trinajstić information content (AvgIpc) is 2.48. The van der Waals surface area contributed by atoms with Gasteiger partial charge in [-0.1, -0.05) is 42.5 Å². The third-order valence-electron chi connectivity index (χ3n) is 3.84. The van der Waals surface area contributed by atoms with Crippen molar-refractivity contribution in [3.8, 4) is 0 Å². The monoisotopic (exact) mass is 255 g/mol. The smallest absolute Gasteiger partial charge is 0.0599 e. The van der Waals surface area contributed by atoms with E-state index in [-0.39, 0.29) is 0 Å². The quantitative estimate of drug-likeness (QED) is 0.906. The van der Waals surface area contributed by atoms with Crippen LogP contribution in [0.15, 0.2) is 42.5 Å². The molecular weight excluding hydrogens is 234 g/mol. The van der Waals surface area contributed by atoms with Gasteiger partial charge < -0.3 is 10.1 Å². The summed E-state index contributed by atoms with van der Waals surface area (Å²) >= 11 is 0. The van der Waals surface area contributed by atoms with Gasteiger partial charge in [-0.25, -0.2) is 0 Å². The Morgan fingerprint density at radius 2 is 1.79 bits per heavy atom. The zero-order chi connectivity index (χ0) is 12.9. The largest absolute Gasteiger partial charge is 0.378 e. The minimum atomic E-state index is 0.460. The molecule has 1 aliphatic heterocycles. The van der Waals surface area contributed by atoms with Crippen LogP contribution in [0.1, 0.15) is 18.4 Å². The van der Waals surface area contributed by atoms with E-state index in [0.29, 0.717) is 6.10 Å². The highest BCUT2D eigenvalue weighted by Gasteiger charge is 2.12. The lowest BCUT2D eigenvalue weighted by atomic mass is 10.1. The van der Waals surface area contributed by atoms with Crippen LogP contribution in [0.4, 0.5) is 0 Å². The summed E-state index contributed by atoms with van der Waals surface area (Å²) in [6.07, 6.45) is 3.77. The molecule has 100 valence electrons. The van der Waals surface area contributed by atoms with Crippen molar-refractivity contribution < 1.29 is 4.74 Å². The van der Waals surface area contributed by atoms with Crippen LogP contribution in [0.3, 0.4) is 0 Å². The fraction of sp³-hybridized carbons (Fsp3) is 0.412. The molecule has 19 heavy (non-hydrogen) atoms. The van der Waals surface area contributed by atoms with Crippen LogP contribution in [-0.2, 0) is 11.2 Å². The molecule has 0 amide bonds. The molecule has 0 atom stereocenters. The molecule has 1 heterocycles. The Hall–Kier alpha value is -1.38. The normalized spacial score (nSPS) is 16.8. The Bertz CT molecular complexity index is 532. The van der Waals surface area contributed by atoms with Gasteiger partial charge in [0.2, 0.25) is 0 Å². The lowest BCUT2D eigenvalue weighted by Crippen LogP contribution is -2.32. The van der Waals surface area contributed by atoms with Gasteiger partial charge in [-0.3, -0.25) is 0 Å². The number of nitrogens with one attached hydrogen (secondary N) is 1. The van der Waals surface area contributed by atoms with E-state index in [0.717, 1.165) is 39.0 Å². The fourth-order valence-corrected chi connectivity index (χ4v) is 2.70. The summed E-state index contributed by atoms with van der Waals surface area (Å²) in [6.45, 7) is 3.03. The second-order valence-electron chi connectivity index (χ2n) is 5.25. The van der Waals surface area contributed by atoms with Crippen LogP contribution in [0.5, 0.6) is 0 Å². The standard InChI is InChI=1S/C17H21NO/c1-2-4-16-13-14(5-6-15(16)3-1)9-12-19-17-7-10-18-11-8-17/h1-6,13,17-18H,7-12H2.